The molecule has 0 radical (unpaired) electrons. The topological polar surface area (TPSA) is 35.6 Å². The van der Waals surface area contributed by atoms with Gasteiger partial charge in [-0.1, -0.05) is 127 Å². The van der Waals surface area contributed by atoms with Gasteiger partial charge in [0.25, 0.3) is 0 Å². The number of fused-ring (bicyclic) bond motifs is 10. The number of benzene rings is 10. The molecule has 0 amide bonds. The number of hydrogen-bond acceptors (Lipinski definition) is 2. The van der Waals surface area contributed by atoms with Gasteiger partial charge in [-0.2, -0.15) is 0 Å². The van der Waals surface area contributed by atoms with Crippen LogP contribution in [0, 0.1) is 0 Å². The number of hydrogen-bond donors (Lipinski definition) is 0. The maximum atomic E-state index is 5.18. The maximum absolute atomic E-state index is 5.18. The van der Waals surface area contributed by atoms with Crippen LogP contribution in [0.1, 0.15) is 0 Å². The van der Waals surface area contributed by atoms with Gasteiger partial charge >= 0.3 is 0 Å². The Kier molecular flexibility index (Phi) is 6.98. The Morgan fingerprint density at radius 1 is 0.267 bits per heavy atom. The quantitative estimate of drug-likeness (QED) is 0.179. The van der Waals surface area contributed by atoms with Crippen LogP contribution in [0.4, 0.5) is 0 Å². The Balaban J connectivity index is 1.01. The van der Waals surface area contributed by atoms with Crippen molar-refractivity contribution in [2.75, 3.05) is 0 Å². The van der Waals surface area contributed by atoms with E-state index in [0.717, 1.165) is 55.7 Å². The van der Waals surface area contributed by atoms with Crippen molar-refractivity contribution in [3.63, 3.8) is 0 Å². The third kappa shape index (κ3) is 4.98. The molecule has 3 heterocycles. The standard InChI is InChI=1S/C56H34N4/c1-2-12-35(13-3-1)55-56(58-50-20-10-9-19-49(50)57-55)42-23-22-41-29-43(25-24-40(41)28-42)59-52-27-26-44(34-48(52)47-31-37-15-5-7-17-39(37)33-54(47)59)60-51-21-11-8-18-45(51)46-30-36-14-4-6-16-38(36)32-53(46)60/h1-34H. The summed E-state index contributed by atoms with van der Waals surface area (Å²) >= 11 is 0. The molecule has 4 nitrogen and oxygen atoms in total. The minimum Gasteiger partial charge on any atom is -0.309 e. The molecule has 0 atom stereocenters. The lowest BCUT2D eigenvalue weighted by Gasteiger charge is -2.13. The van der Waals surface area contributed by atoms with Gasteiger partial charge in [0.1, 0.15) is 0 Å². The van der Waals surface area contributed by atoms with Gasteiger partial charge in [0.2, 0.25) is 0 Å². The summed E-state index contributed by atoms with van der Waals surface area (Å²) in [5, 5.41) is 12.2. The summed E-state index contributed by atoms with van der Waals surface area (Å²) < 4.78 is 4.88. The highest BCUT2D eigenvalue weighted by Crippen LogP contribution is 2.40. The minimum absolute atomic E-state index is 0.882. The molecule has 13 rings (SSSR count). The first-order valence-corrected chi connectivity index (χ1v) is 20.5. The summed E-state index contributed by atoms with van der Waals surface area (Å²) in [6.45, 7) is 0. The van der Waals surface area contributed by atoms with E-state index in [1.807, 2.05) is 30.3 Å². The molecule has 0 saturated carbocycles. The molecule has 0 aliphatic rings. The second kappa shape index (κ2) is 12.7. The molecule has 10 aromatic carbocycles. The van der Waals surface area contributed by atoms with Gasteiger partial charge in [-0.15, -0.1) is 0 Å². The van der Waals surface area contributed by atoms with Crippen LogP contribution < -0.4 is 0 Å². The summed E-state index contributed by atoms with van der Waals surface area (Å²) in [6.07, 6.45) is 0. The Hall–Kier alpha value is -8.08. The molecule has 4 heteroatoms. The Bertz CT molecular complexity index is 3890. The molecule has 0 aliphatic carbocycles. The first kappa shape index (κ1) is 32.9. The lowest BCUT2D eigenvalue weighted by atomic mass is 10.00. The van der Waals surface area contributed by atoms with Gasteiger partial charge in [-0.25, -0.2) is 9.97 Å². The van der Waals surface area contributed by atoms with Gasteiger partial charge in [0.15, 0.2) is 0 Å². The molecule has 60 heavy (non-hydrogen) atoms. The first-order chi connectivity index (χ1) is 29.7. The molecule has 0 bridgehead atoms. The molecule has 0 unspecified atom stereocenters. The van der Waals surface area contributed by atoms with Crippen LogP contribution in [0.2, 0.25) is 0 Å². The average molecular weight is 763 g/mol. The van der Waals surface area contributed by atoms with Crippen molar-refractivity contribution in [2.24, 2.45) is 0 Å². The smallest absolute Gasteiger partial charge is 0.0973 e. The highest BCUT2D eigenvalue weighted by atomic mass is 15.0. The first-order valence-electron chi connectivity index (χ1n) is 20.5. The van der Waals surface area contributed by atoms with Crippen molar-refractivity contribution in [3.05, 3.63) is 206 Å². The normalized spacial score (nSPS) is 12.0. The van der Waals surface area contributed by atoms with Crippen molar-refractivity contribution in [2.45, 2.75) is 0 Å². The van der Waals surface area contributed by atoms with E-state index in [2.05, 4.69) is 185 Å². The Labute approximate surface area is 344 Å². The largest absolute Gasteiger partial charge is 0.309 e. The van der Waals surface area contributed by atoms with Crippen molar-refractivity contribution in [1.82, 2.24) is 19.1 Å². The molecule has 0 fully saturated rings. The van der Waals surface area contributed by atoms with E-state index >= 15 is 0 Å². The van der Waals surface area contributed by atoms with Crippen molar-refractivity contribution in [3.8, 4) is 33.9 Å². The fourth-order valence-electron chi connectivity index (χ4n) is 9.56. The highest BCUT2D eigenvalue weighted by Gasteiger charge is 2.19. The molecule has 3 aromatic heterocycles. The predicted molar refractivity (Wildman–Crippen MR) is 252 cm³/mol. The number of rotatable bonds is 4. The molecule has 0 saturated heterocycles. The zero-order chi connectivity index (χ0) is 39.3. The van der Waals surface area contributed by atoms with Gasteiger partial charge < -0.3 is 9.13 Å². The van der Waals surface area contributed by atoms with E-state index in [1.54, 1.807) is 0 Å². The van der Waals surface area contributed by atoms with E-state index in [-0.39, 0.29) is 0 Å². The lowest BCUT2D eigenvalue weighted by molar-refractivity contribution is 1.17. The molecular weight excluding hydrogens is 729 g/mol. The summed E-state index contributed by atoms with van der Waals surface area (Å²) in [6, 6.07) is 74.6. The molecular formula is C56H34N4. The van der Waals surface area contributed by atoms with Crippen LogP contribution >= 0.6 is 0 Å². The Morgan fingerprint density at radius 3 is 1.43 bits per heavy atom. The van der Waals surface area contributed by atoms with E-state index < -0.39 is 0 Å². The second-order valence-corrected chi connectivity index (χ2v) is 15.8. The molecule has 0 aliphatic heterocycles. The fourth-order valence-corrected chi connectivity index (χ4v) is 9.56. The van der Waals surface area contributed by atoms with Crippen molar-refractivity contribution >= 4 is 87.0 Å². The van der Waals surface area contributed by atoms with Crippen LogP contribution in [-0.2, 0) is 0 Å². The molecule has 0 N–H and O–H groups in total. The number of aromatic nitrogens is 4. The zero-order valence-electron chi connectivity index (χ0n) is 32.4. The summed E-state index contributed by atoms with van der Waals surface area (Å²) in [4.78, 5) is 10.3. The van der Waals surface area contributed by atoms with E-state index in [4.69, 9.17) is 9.97 Å². The van der Waals surface area contributed by atoms with Gasteiger partial charge in [-0.3, -0.25) is 0 Å². The Morgan fingerprint density at radius 2 is 0.733 bits per heavy atom. The van der Waals surface area contributed by atoms with Crippen molar-refractivity contribution < 1.29 is 0 Å². The lowest BCUT2D eigenvalue weighted by Crippen LogP contribution is -1.97. The third-order valence-electron chi connectivity index (χ3n) is 12.4. The van der Waals surface area contributed by atoms with Crippen LogP contribution in [0.25, 0.3) is 121 Å². The second-order valence-electron chi connectivity index (χ2n) is 15.8. The van der Waals surface area contributed by atoms with Crippen LogP contribution in [-0.4, -0.2) is 19.1 Å². The SMILES string of the molecule is c1ccc(-c2nc3ccccc3nc2-c2ccc3cc(-n4c5ccc(-n6c7ccccc7c7cc8ccccc8cc76)cc5c5cc6ccccc6cc54)ccc3c2)cc1. The zero-order valence-corrected chi connectivity index (χ0v) is 32.4. The molecule has 278 valence electrons. The highest BCUT2D eigenvalue weighted by molar-refractivity contribution is 6.16. The minimum atomic E-state index is 0.882. The van der Waals surface area contributed by atoms with E-state index in [9.17, 15) is 0 Å². The fraction of sp³-hybridized carbons (Fsp3) is 0. The van der Waals surface area contributed by atoms with Crippen LogP contribution in [0.5, 0.6) is 0 Å². The van der Waals surface area contributed by atoms with Gasteiger partial charge in [-0.05, 0) is 111 Å². The maximum Gasteiger partial charge on any atom is 0.0973 e. The molecule has 13 aromatic rings. The van der Waals surface area contributed by atoms with Crippen molar-refractivity contribution in [1.29, 1.82) is 0 Å². The monoisotopic (exact) mass is 762 g/mol. The summed E-state index contributed by atoms with van der Waals surface area (Å²) in [5.41, 5.74) is 12.7. The van der Waals surface area contributed by atoms with Gasteiger partial charge in [0.05, 0.1) is 44.5 Å². The van der Waals surface area contributed by atoms with E-state index in [0.29, 0.717) is 0 Å². The molecule has 0 spiro atoms. The number of nitrogens with zero attached hydrogens (tertiary/aromatic N) is 4. The third-order valence-corrected chi connectivity index (χ3v) is 12.4. The van der Waals surface area contributed by atoms with Crippen LogP contribution in [0.3, 0.4) is 0 Å². The van der Waals surface area contributed by atoms with E-state index in [1.165, 1.54) is 65.2 Å². The summed E-state index contributed by atoms with van der Waals surface area (Å²) in [7, 11) is 0. The predicted octanol–water partition coefficient (Wildman–Crippen LogP) is 14.6. The average Bonchev–Trinajstić information content (AvgIpc) is 3.80. The van der Waals surface area contributed by atoms with Crippen LogP contribution in [0.15, 0.2) is 206 Å². The van der Waals surface area contributed by atoms with Gasteiger partial charge in [0, 0.05) is 44.0 Å². The number of para-hydroxylation sites is 3. The summed E-state index contributed by atoms with van der Waals surface area (Å²) in [5.74, 6) is 0.